The number of carbonyl (C=O) groups excluding carboxylic acids is 1. The van der Waals surface area contributed by atoms with Gasteiger partial charge in [0.1, 0.15) is 0 Å². The molecule has 0 aromatic rings. The Morgan fingerprint density at radius 3 is 2.38 bits per heavy atom. The third kappa shape index (κ3) is 4.27. The molecule has 1 aliphatic heterocycles. The Kier molecular flexibility index (Phi) is 5.71. The molecule has 0 saturated carbocycles. The van der Waals surface area contributed by atoms with Crippen molar-refractivity contribution < 1.29 is 6.22 Å². The van der Waals surface area contributed by atoms with Crippen LogP contribution in [0.2, 0.25) is 0 Å². The molecule has 1 amide bonds. The Hall–Kier alpha value is -0.570. The molecule has 1 heterocycles. The molecular formula is C10H24N2O. The summed E-state index contributed by atoms with van der Waals surface area (Å²) in [5.74, 6) is 0.422. The van der Waals surface area contributed by atoms with Crippen LogP contribution < -0.4 is 5.32 Å². The van der Waals surface area contributed by atoms with Gasteiger partial charge in [0.2, 0.25) is 5.91 Å². The van der Waals surface area contributed by atoms with E-state index in [1.54, 1.807) is 0 Å². The Bertz CT molecular complexity index is 162. The van der Waals surface area contributed by atoms with Gasteiger partial charge < -0.3 is 10.2 Å². The molecule has 0 aliphatic carbocycles. The van der Waals surface area contributed by atoms with Crippen LogP contribution in [0.4, 0.5) is 0 Å². The molecule has 3 nitrogen and oxygen atoms in total. The normalized spacial score (nSPS) is 26.8. The summed E-state index contributed by atoms with van der Waals surface area (Å²) in [7, 11) is 3.99. The minimum Gasteiger partial charge on any atom is -0.353 e. The second-order valence-electron chi connectivity index (χ2n) is 3.60. The van der Waals surface area contributed by atoms with Gasteiger partial charge in [-0.1, -0.05) is 13.8 Å². The summed E-state index contributed by atoms with van der Waals surface area (Å²) in [6.07, 6.45) is 0.983. The van der Waals surface area contributed by atoms with E-state index in [2.05, 4.69) is 10.2 Å². The Balaban J connectivity index is 0. The van der Waals surface area contributed by atoms with Gasteiger partial charge in [-0.25, -0.2) is 0 Å². The second kappa shape index (κ2) is 5.97. The van der Waals surface area contributed by atoms with Crippen molar-refractivity contribution in [2.75, 3.05) is 20.6 Å². The quantitative estimate of drug-likeness (QED) is 0.709. The molecule has 1 saturated heterocycles. The lowest BCUT2D eigenvalue weighted by Crippen LogP contribution is -2.28. The lowest BCUT2D eigenvalue weighted by molar-refractivity contribution is -0.122. The van der Waals surface area contributed by atoms with Crippen LogP contribution in [-0.4, -0.2) is 37.5 Å². The second-order valence-corrected chi connectivity index (χ2v) is 3.60. The molecule has 2 atom stereocenters. The predicted molar refractivity (Wildman–Crippen MR) is 57.7 cm³/mol. The molecule has 1 rings (SSSR count). The molecular weight excluding hydrogens is 164 g/mol. The van der Waals surface area contributed by atoms with E-state index in [9.17, 15) is 4.79 Å². The molecule has 0 radical (unpaired) electrons. The van der Waals surface area contributed by atoms with Crippen molar-refractivity contribution in [2.45, 2.75) is 33.2 Å². The summed E-state index contributed by atoms with van der Waals surface area (Å²) in [6, 6.07) is 0.368. The summed E-state index contributed by atoms with van der Waals surface area (Å²) in [4.78, 5) is 13.2. The maximum absolute atomic E-state index is 11.2. The first-order chi connectivity index (χ1) is 6.09. The molecule has 80 valence electrons. The van der Waals surface area contributed by atoms with Gasteiger partial charge in [-0.15, -0.1) is 0 Å². The summed E-state index contributed by atoms with van der Waals surface area (Å²) in [5, 5.41) is 2.91. The smallest absolute Gasteiger partial charge is 0.224 e. The molecule has 3 heteroatoms. The maximum Gasteiger partial charge on any atom is 0.224 e. The number of nitrogens with zero attached hydrogens (tertiary/aromatic N) is 1. The van der Waals surface area contributed by atoms with Gasteiger partial charge in [0.25, 0.3) is 0 Å². The van der Waals surface area contributed by atoms with Gasteiger partial charge in [0.05, 0.1) is 5.92 Å². The van der Waals surface area contributed by atoms with Crippen LogP contribution in [0.15, 0.2) is 0 Å². The van der Waals surface area contributed by atoms with Gasteiger partial charge in [-0.3, -0.25) is 4.79 Å². The van der Waals surface area contributed by atoms with Crippen LogP contribution in [0.25, 0.3) is 0 Å². The van der Waals surface area contributed by atoms with Crippen molar-refractivity contribution in [3.8, 4) is 0 Å². The van der Waals surface area contributed by atoms with Gasteiger partial charge in [-0.2, -0.15) is 0 Å². The zero-order valence-corrected chi connectivity index (χ0v) is 9.42. The van der Waals surface area contributed by atoms with Crippen molar-refractivity contribution in [2.24, 2.45) is 5.92 Å². The van der Waals surface area contributed by atoms with E-state index in [0.29, 0.717) is 6.04 Å². The van der Waals surface area contributed by atoms with Crippen LogP contribution in [0.1, 0.15) is 28.6 Å². The minimum absolute atomic E-state index is 0. The molecule has 0 aromatic heterocycles. The van der Waals surface area contributed by atoms with Crippen LogP contribution in [-0.2, 0) is 4.79 Å². The first kappa shape index (κ1) is 12.4. The van der Waals surface area contributed by atoms with Crippen LogP contribution in [0.3, 0.4) is 0 Å². The molecule has 0 spiro atoms. The Morgan fingerprint density at radius 1 is 1.54 bits per heavy atom. The maximum atomic E-state index is 11.2. The Labute approximate surface area is 83.0 Å². The van der Waals surface area contributed by atoms with Crippen molar-refractivity contribution in [3.63, 3.8) is 0 Å². The van der Waals surface area contributed by atoms with E-state index in [-0.39, 0.29) is 13.3 Å². The minimum atomic E-state index is 0. The fourth-order valence-corrected chi connectivity index (χ4v) is 1.55. The molecule has 1 aliphatic rings. The molecule has 1 fully saturated rings. The highest BCUT2D eigenvalue weighted by Crippen LogP contribution is 2.14. The van der Waals surface area contributed by atoms with E-state index in [1.165, 1.54) is 0 Å². The van der Waals surface area contributed by atoms with Crippen molar-refractivity contribution >= 4 is 5.91 Å². The summed E-state index contributed by atoms with van der Waals surface area (Å²) < 4.78 is 0. The van der Waals surface area contributed by atoms with Crippen molar-refractivity contribution in [1.82, 2.24) is 10.2 Å². The lowest BCUT2D eigenvalue weighted by Gasteiger charge is -2.12. The highest BCUT2D eigenvalue weighted by Gasteiger charge is 2.29. The number of rotatable bonds is 2. The number of carbonyl (C=O) groups is 1. The zero-order chi connectivity index (χ0) is 10.4. The number of nitrogens with one attached hydrogen (secondary N) is 1. The zero-order valence-electron chi connectivity index (χ0n) is 9.42. The third-order valence-electron chi connectivity index (χ3n) is 1.98. The van der Waals surface area contributed by atoms with E-state index in [4.69, 9.17) is 0 Å². The first-order valence-corrected chi connectivity index (χ1v) is 5.04. The van der Waals surface area contributed by atoms with Crippen LogP contribution in [0.5, 0.6) is 0 Å². The largest absolute Gasteiger partial charge is 0.353 e. The highest BCUT2D eigenvalue weighted by atomic mass is 16.2. The van der Waals surface area contributed by atoms with Crippen molar-refractivity contribution in [3.05, 3.63) is 0 Å². The van der Waals surface area contributed by atoms with Crippen molar-refractivity contribution in [1.29, 1.82) is 0 Å². The summed E-state index contributed by atoms with van der Waals surface area (Å²) in [5.41, 5.74) is 0. The number of hydrogen-bond acceptors (Lipinski definition) is 2. The Morgan fingerprint density at radius 2 is 2.08 bits per heavy atom. The summed E-state index contributed by atoms with van der Waals surface area (Å²) in [6.45, 7) is 6.92. The first-order valence-electron chi connectivity index (χ1n) is 5.04. The average molecular weight is 188 g/mol. The lowest BCUT2D eigenvalue weighted by atomic mass is 10.1. The van der Waals surface area contributed by atoms with Gasteiger partial charge in [0.15, 0.2) is 0 Å². The van der Waals surface area contributed by atoms with E-state index in [1.807, 2.05) is 34.9 Å². The topological polar surface area (TPSA) is 32.3 Å². The van der Waals surface area contributed by atoms with E-state index in [0.717, 1.165) is 13.0 Å². The number of hydrogen-bond donors (Lipinski definition) is 1. The molecule has 0 aromatic carbocycles. The fraction of sp³-hybridized carbons (Fsp3) is 0.900. The van der Waals surface area contributed by atoms with Gasteiger partial charge in [-0.05, 0) is 27.4 Å². The molecule has 0 bridgehead atoms. The van der Waals surface area contributed by atoms with E-state index < -0.39 is 0 Å². The SMILES string of the molecule is CC.CC1C[C@H](CN(C)C)C(=O)N1.[HH]. The molecule has 1 N–H and O–H groups in total. The van der Waals surface area contributed by atoms with E-state index >= 15 is 0 Å². The average Bonchev–Trinajstić information content (AvgIpc) is 2.33. The third-order valence-corrected chi connectivity index (χ3v) is 1.98. The van der Waals surface area contributed by atoms with Crippen LogP contribution in [0, 0.1) is 5.92 Å². The molecule has 1 unspecified atom stereocenters. The standard InChI is InChI=1S/C8H16N2O.C2H6.H2/c1-6-4-7(5-10(2)3)8(11)9-6;1-2;/h6-7H,4-5H2,1-3H3,(H,9,11);1-2H3;1H/t6?,7-;;/m1../s1. The van der Waals surface area contributed by atoms with Gasteiger partial charge in [0, 0.05) is 14.0 Å². The monoisotopic (exact) mass is 188 g/mol. The fourth-order valence-electron chi connectivity index (χ4n) is 1.55. The predicted octanol–water partition coefficient (Wildman–Crippen LogP) is 1.34. The van der Waals surface area contributed by atoms with Crippen LogP contribution >= 0.6 is 0 Å². The van der Waals surface area contributed by atoms with Gasteiger partial charge >= 0.3 is 0 Å². The summed E-state index contributed by atoms with van der Waals surface area (Å²) >= 11 is 0. The number of amides is 1. The molecule has 13 heavy (non-hydrogen) atoms. The highest BCUT2D eigenvalue weighted by molar-refractivity contribution is 5.81.